The van der Waals surface area contributed by atoms with Crippen LogP contribution in [-0.4, -0.2) is 0 Å². The molecule has 0 aliphatic carbocycles. The fraction of sp³-hybridized carbons (Fsp3) is 0.250. The first-order valence-corrected chi connectivity index (χ1v) is 11.9. The maximum atomic E-state index is 5.96. The quantitative estimate of drug-likeness (QED) is 0.283. The number of ether oxygens (including phenoxy) is 1. The van der Waals surface area contributed by atoms with E-state index in [4.69, 9.17) is 4.74 Å². The summed E-state index contributed by atoms with van der Waals surface area (Å²) < 4.78 is 5.96. The summed E-state index contributed by atoms with van der Waals surface area (Å²) in [6.07, 6.45) is 2.07. The Balaban J connectivity index is 1.38. The first kappa shape index (κ1) is 22.9. The molecule has 0 aromatic heterocycles. The van der Waals surface area contributed by atoms with Crippen LogP contribution in [0, 0.1) is 27.7 Å². The molecule has 0 radical (unpaired) electrons. The molecule has 33 heavy (non-hydrogen) atoms. The molecule has 4 rings (SSSR count). The molecule has 0 saturated heterocycles. The molecule has 0 aliphatic rings. The average Bonchev–Trinajstić information content (AvgIpc) is 2.82. The van der Waals surface area contributed by atoms with Crippen LogP contribution in [0.25, 0.3) is 0 Å². The van der Waals surface area contributed by atoms with Crippen molar-refractivity contribution in [1.82, 2.24) is 0 Å². The summed E-state index contributed by atoms with van der Waals surface area (Å²) in [5.74, 6) is 2.15. The average molecular weight is 435 g/mol. The predicted molar refractivity (Wildman–Crippen MR) is 140 cm³/mol. The van der Waals surface area contributed by atoms with E-state index < -0.39 is 0 Å². The predicted octanol–water partition coefficient (Wildman–Crippen LogP) is 8.65. The van der Waals surface area contributed by atoms with Gasteiger partial charge in [-0.3, -0.25) is 0 Å². The molecule has 1 atom stereocenters. The van der Waals surface area contributed by atoms with E-state index in [-0.39, 0.29) is 0 Å². The summed E-state index contributed by atoms with van der Waals surface area (Å²) in [7, 11) is 0. The van der Waals surface area contributed by atoms with E-state index >= 15 is 0 Å². The topological polar surface area (TPSA) is 9.23 Å². The monoisotopic (exact) mass is 434 g/mol. The zero-order valence-electron chi connectivity index (χ0n) is 20.5. The molecule has 0 fully saturated rings. The van der Waals surface area contributed by atoms with Crippen molar-refractivity contribution in [2.75, 3.05) is 0 Å². The first-order chi connectivity index (χ1) is 15.9. The van der Waals surface area contributed by atoms with Gasteiger partial charge in [0.05, 0.1) is 0 Å². The fourth-order valence-electron chi connectivity index (χ4n) is 4.24. The van der Waals surface area contributed by atoms with E-state index in [1.54, 1.807) is 0 Å². The number of benzene rings is 4. The van der Waals surface area contributed by atoms with E-state index in [1.165, 1.54) is 44.5 Å². The maximum Gasteiger partial charge on any atom is 0.127 e. The Morgan fingerprint density at radius 2 is 1.15 bits per heavy atom. The second kappa shape index (κ2) is 10.1. The third kappa shape index (κ3) is 5.73. The molecule has 0 spiro atoms. The number of hydrogen-bond donors (Lipinski definition) is 0. The highest BCUT2D eigenvalue weighted by Gasteiger charge is 2.11. The molecule has 0 heterocycles. The van der Waals surface area contributed by atoms with Gasteiger partial charge in [-0.25, -0.2) is 0 Å². The van der Waals surface area contributed by atoms with Crippen LogP contribution in [0.3, 0.4) is 0 Å². The van der Waals surface area contributed by atoms with Gasteiger partial charge < -0.3 is 4.74 Å². The van der Waals surface area contributed by atoms with Crippen LogP contribution in [0.2, 0.25) is 0 Å². The van der Waals surface area contributed by atoms with Crippen molar-refractivity contribution in [2.45, 2.75) is 53.4 Å². The van der Waals surface area contributed by atoms with E-state index in [9.17, 15) is 0 Å². The van der Waals surface area contributed by atoms with Gasteiger partial charge in [-0.05, 0) is 104 Å². The maximum absolute atomic E-state index is 5.96. The molecule has 1 nitrogen and oxygen atoms in total. The van der Waals surface area contributed by atoms with Gasteiger partial charge in [-0.1, -0.05) is 73.2 Å². The Labute approximate surface area is 199 Å². The van der Waals surface area contributed by atoms with E-state index in [0.717, 1.165) is 24.3 Å². The second-order valence-corrected chi connectivity index (χ2v) is 9.31. The summed E-state index contributed by atoms with van der Waals surface area (Å²) in [6.45, 7) is 11.0. The van der Waals surface area contributed by atoms with E-state index in [2.05, 4.69) is 107 Å². The van der Waals surface area contributed by atoms with E-state index in [1.807, 2.05) is 12.1 Å². The zero-order chi connectivity index (χ0) is 23.4. The lowest BCUT2D eigenvalue weighted by molar-refractivity contribution is 0.482. The third-order valence-corrected chi connectivity index (χ3v) is 6.76. The minimum Gasteiger partial charge on any atom is -0.457 e. The van der Waals surface area contributed by atoms with Crippen molar-refractivity contribution in [3.05, 3.63) is 129 Å². The molecular formula is C32H34O. The van der Waals surface area contributed by atoms with Crippen LogP contribution in [-0.2, 0) is 12.8 Å². The van der Waals surface area contributed by atoms with Crippen molar-refractivity contribution >= 4 is 0 Å². The summed E-state index contributed by atoms with van der Waals surface area (Å²) in [6, 6.07) is 30.5. The Hall–Kier alpha value is -3.32. The smallest absolute Gasteiger partial charge is 0.127 e. The van der Waals surface area contributed by atoms with Gasteiger partial charge in [0, 0.05) is 5.92 Å². The highest BCUT2D eigenvalue weighted by atomic mass is 16.5. The molecule has 1 unspecified atom stereocenters. The van der Waals surface area contributed by atoms with Crippen molar-refractivity contribution in [1.29, 1.82) is 0 Å². The standard InChI is InChI=1S/C32H34O/c1-22-6-16-31(17-7-22)33-32-18-10-27(11-19-32)9-13-28-14-15-30(21-25(28)4)26(5)29-12-8-23(2)24(3)20-29/h6-8,10-12,14-21,26H,9,13H2,1-5H3. The summed E-state index contributed by atoms with van der Waals surface area (Å²) in [5, 5.41) is 0. The largest absolute Gasteiger partial charge is 0.457 e. The minimum atomic E-state index is 0.401. The van der Waals surface area contributed by atoms with Crippen LogP contribution < -0.4 is 4.74 Å². The number of rotatable bonds is 7. The van der Waals surface area contributed by atoms with Crippen molar-refractivity contribution in [3.8, 4) is 11.5 Å². The number of hydrogen-bond acceptors (Lipinski definition) is 1. The normalized spacial score (nSPS) is 11.9. The molecular weight excluding hydrogens is 400 g/mol. The Kier molecular flexibility index (Phi) is 6.99. The van der Waals surface area contributed by atoms with Crippen LogP contribution >= 0.6 is 0 Å². The SMILES string of the molecule is Cc1ccc(Oc2ccc(CCc3ccc(C(C)c4ccc(C)c(C)c4)cc3C)cc2)cc1. The Morgan fingerprint density at radius 1 is 0.576 bits per heavy atom. The first-order valence-electron chi connectivity index (χ1n) is 11.9. The van der Waals surface area contributed by atoms with Gasteiger partial charge in [0.25, 0.3) is 0 Å². The lowest BCUT2D eigenvalue weighted by Crippen LogP contribution is -2.00. The van der Waals surface area contributed by atoms with Crippen molar-refractivity contribution < 1.29 is 4.74 Å². The van der Waals surface area contributed by atoms with Gasteiger partial charge in [0.1, 0.15) is 11.5 Å². The molecule has 4 aromatic rings. The van der Waals surface area contributed by atoms with Crippen molar-refractivity contribution in [2.24, 2.45) is 0 Å². The lowest BCUT2D eigenvalue weighted by Gasteiger charge is -2.16. The molecule has 168 valence electrons. The minimum absolute atomic E-state index is 0.401. The second-order valence-electron chi connectivity index (χ2n) is 9.31. The summed E-state index contributed by atoms with van der Waals surface area (Å²) in [4.78, 5) is 0. The molecule has 0 saturated carbocycles. The van der Waals surface area contributed by atoms with Gasteiger partial charge in [0.15, 0.2) is 0 Å². The lowest BCUT2D eigenvalue weighted by atomic mass is 9.88. The highest BCUT2D eigenvalue weighted by molar-refractivity contribution is 5.41. The molecule has 0 bridgehead atoms. The summed E-state index contributed by atoms with van der Waals surface area (Å²) in [5.41, 5.74) is 10.9. The number of aryl methyl sites for hydroxylation is 6. The van der Waals surface area contributed by atoms with Gasteiger partial charge in [-0.15, -0.1) is 0 Å². The van der Waals surface area contributed by atoms with Gasteiger partial charge in [0.2, 0.25) is 0 Å². The molecule has 0 N–H and O–H groups in total. The Morgan fingerprint density at radius 3 is 1.76 bits per heavy atom. The van der Waals surface area contributed by atoms with Gasteiger partial charge >= 0.3 is 0 Å². The molecule has 0 aliphatic heterocycles. The molecule has 0 amide bonds. The van der Waals surface area contributed by atoms with E-state index in [0.29, 0.717) is 5.92 Å². The zero-order valence-corrected chi connectivity index (χ0v) is 20.5. The van der Waals surface area contributed by atoms with Crippen LogP contribution in [0.4, 0.5) is 0 Å². The Bertz CT molecular complexity index is 1220. The molecule has 1 heteroatoms. The van der Waals surface area contributed by atoms with Crippen LogP contribution in [0.5, 0.6) is 11.5 Å². The van der Waals surface area contributed by atoms with Gasteiger partial charge in [-0.2, -0.15) is 0 Å². The summed E-state index contributed by atoms with van der Waals surface area (Å²) >= 11 is 0. The third-order valence-electron chi connectivity index (χ3n) is 6.76. The fourth-order valence-corrected chi connectivity index (χ4v) is 4.24. The van der Waals surface area contributed by atoms with Crippen LogP contribution in [0.15, 0.2) is 84.9 Å². The highest BCUT2D eigenvalue weighted by Crippen LogP contribution is 2.28. The molecule has 4 aromatic carbocycles. The van der Waals surface area contributed by atoms with Crippen LogP contribution in [0.1, 0.15) is 57.3 Å². The van der Waals surface area contributed by atoms with Crippen molar-refractivity contribution in [3.63, 3.8) is 0 Å².